The molecule has 1 aliphatic rings. The molecular formula is C15H22ClN3O3. The lowest BCUT2D eigenvalue weighted by molar-refractivity contribution is -0.384. The van der Waals surface area contributed by atoms with Crippen LogP contribution in [0.4, 0.5) is 5.69 Å². The van der Waals surface area contributed by atoms with Crippen molar-refractivity contribution in [3.8, 4) is 0 Å². The van der Waals surface area contributed by atoms with Gasteiger partial charge in [0.15, 0.2) is 0 Å². The predicted octanol–water partition coefficient (Wildman–Crippen LogP) is 2.29. The summed E-state index contributed by atoms with van der Waals surface area (Å²) in [5, 5.41) is 10.8. The Morgan fingerprint density at radius 1 is 1.41 bits per heavy atom. The van der Waals surface area contributed by atoms with Crippen LogP contribution >= 0.6 is 12.4 Å². The molecular weight excluding hydrogens is 306 g/mol. The summed E-state index contributed by atoms with van der Waals surface area (Å²) in [6, 6.07) is 6.50. The van der Waals surface area contributed by atoms with Gasteiger partial charge < -0.3 is 10.6 Å². The number of carbonyl (C=O) groups is 1. The highest BCUT2D eigenvalue weighted by molar-refractivity contribution is 5.85. The number of nitro benzene ring substituents is 1. The van der Waals surface area contributed by atoms with E-state index >= 15 is 0 Å². The summed E-state index contributed by atoms with van der Waals surface area (Å²) in [5.74, 6) is 0.0358. The predicted molar refractivity (Wildman–Crippen MR) is 87.1 cm³/mol. The molecule has 1 amide bonds. The molecule has 2 rings (SSSR count). The zero-order valence-corrected chi connectivity index (χ0v) is 13.3. The first kappa shape index (κ1) is 18.4. The first-order valence-electron chi connectivity index (χ1n) is 7.34. The molecule has 1 aromatic carbocycles. The van der Waals surface area contributed by atoms with Crippen LogP contribution in [0.3, 0.4) is 0 Å². The molecule has 122 valence electrons. The second kappa shape index (κ2) is 8.70. The minimum Gasteiger partial charge on any atom is -0.339 e. The van der Waals surface area contributed by atoms with Gasteiger partial charge in [-0.05, 0) is 37.8 Å². The lowest BCUT2D eigenvalue weighted by Crippen LogP contribution is -2.45. The molecule has 1 fully saturated rings. The molecule has 1 aromatic rings. The molecule has 1 saturated heterocycles. The van der Waals surface area contributed by atoms with Crippen molar-refractivity contribution in [3.05, 3.63) is 39.9 Å². The van der Waals surface area contributed by atoms with E-state index < -0.39 is 4.92 Å². The second-order valence-electron chi connectivity index (χ2n) is 5.42. The molecule has 22 heavy (non-hydrogen) atoms. The van der Waals surface area contributed by atoms with Crippen LogP contribution < -0.4 is 5.73 Å². The summed E-state index contributed by atoms with van der Waals surface area (Å²) in [6.07, 6.45) is 4.17. The Morgan fingerprint density at radius 3 is 2.86 bits per heavy atom. The van der Waals surface area contributed by atoms with Gasteiger partial charge in [0.2, 0.25) is 5.91 Å². The monoisotopic (exact) mass is 327 g/mol. The Bertz CT molecular complexity index is 523. The number of likely N-dealkylation sites (tertiary alicyclic amines) is 1. The zero-order chi connectivity index (χ0) is 15.2. The molecule has 1 aliphatic heterocycles. The SMILES string of the molecule is Cl.NCCC1CCCCN1C(=O)Cc1cccc([N+](=O)[O-])c1. The third-order valence-electron chi connectivity index (χ3n) is 3.92. The Morgan fingerprint density at radius 2 is 2.18 bits per heavy atom. The number of piperidine rings is 1. The highest BCUT2D eigenvalue weighted by Crippen LogP contribution is 2.21. The quantitative estimate of drug-likeness (QED) is 0.663. The highest BCUT2D eigenvalue weighted by Gasteiger charge is 2.26. The van der Waals surface area contributed by atoms with E-state index in [1.807, 2.05) is 4.90 Å². The van der Waals surface area contributed by atoms with Crippen LogP contribution in [-0.4, -0.2) is 34.9 Å². The highest BCUT2D eigenvalue weighted by atomic mass is 35.5. The molecule has 0 spiro atoms. The van der Waals surface area contributed by atoms with E-state index in [1.165, 1.54) is 12.1 Å². The Balaban J connectivity index is 0.00000242. The van der Waals surface area contributed by atoms with Crippen LogP contribution in [0.2, 0.25) is 0 Å². The van der Waals surface area contributed by atoms with E-state index in [-0.39, 0.29) is 36.5 Å². The van der Waals surface area contributed by atoms with Crippen molar-refractivity contribution in [2.75, 3.05) is 13.1 Å². The summed E-state index contributed by atoms with van der Waals surface area (Å²) in [5.41, 5.74) is 6.33. The number of benzene rings is 1. The van der Waals surface area contributed by atoms with Gasteiger partial charge in [-0.3, -0.25) is 14.9 Å². The van der Waals surface area contributed by atoms with Crippen molar-refractivity contribution in [2.24, 2.45) is 5.73 Å². The van der Waals surface area contributed by atoms with Crippen molar-refractivity contribution in [2.45, 2.75) is 38.1 Å². The van der Waals surface area contributed by atoms with Crippen LogP contribution in [0, 0.1) is 10.1 Å². The van der Waals surface area contributed by atoms with E-state index in [4.69, 9.17) is 5.73 Å². The maximum atomic E-state index is 12.4. The fraction of sp³-hybridized carbons (Fsp3) is 0.533. The standard InChI is InChI=1S/C15H21N3O3.ClH/c16-8-7-13-5-1-2-9-17(13)15(19)11-12-4-3-6-14(10-12)18(20)21;/h3-4,6,10,13H,1-2,5,7-9,11,16H2;1H. The topological polar surface area (TPSA) is 89.5 Å². The number of amides is 1. The Labute approximate surface area is 136 Å². The summed E-state index contributed by atoms with van der Waals surface area (Å²) >= 11 is 0. The normalized spacial score (nSPS) is 17.7. The fourth-order valence-electron chi connectivity index (χ4n) is 2.88. The number of nitro groups is 1. The molecule has 7 heteroatoms. The van der Waals surface area contributed by atoms with Crippen LogP contribution in [0.1, 0.15) is 31.2 Å². The van der Waals surface area contributed by atoms with Crippen LogP contribution in [-0.2, 0) is 11.2 Å². The van der Waals surface area contributed by atoms with Gasteiger partial charge in [-0.2, -0.15) is 0 Å². The first-order valence-corrected chi connectivity index (χ1v) is 7.34. The molecule has 1 heterocycles. The summed E-state index contributed by atoms with van der Waals surface area (Å²) in [6.45, 7) is 1.34. The molecule has 0 saturated carbocycles. The molecule has 0 bridgehead atoms. The van der Waals surface area contributed by atoms with Gasteiger partial charge in [0.1, 0.15) is 0 Å². The first-order chi connectivity index (χ1) is 10.1. The molecule has 1 unspecified atom stereocenters. The van der Waals surface area contributed by atoms with Gasteiger partial charge in [0.05, 0.1) is 11.3 Å². The van der Waals surface area contributed by atoms with Crippen molar-refractivity contribution >= 4 is 24.0 Å². The number of nitrogens with two attached hydrogens (primary N) is 1. The molecule has 6 nitrogen and oxygen atoms in total. The van der Waals surface area contributed by atoms with Gasteiger partial charge in [-0.25, -0.2) is 0 Å². The van der Waals surface area contributed by atoms with E-state index in [1.54, 1.807) is 12.1 Å². The molecule has 0 aliphatic carbocycles. The maximum absolute atomic E-state index is 12.4. The summed E-state index contributed by atoms with van der Waals surface area (Å²) < 4.78 is 0. The summed E-state index contributed by atoms with van der Waals surface area (Å²) in [7, 11) is 0. The van der Waals surface area contributed by atoms with Gasteiger partial charge in [0, 0.05) is 24.7 Å². The van der Waals surface area contributed by atoms with E-state index in [2.05, 4.69) is 0 Å². The minimum atomic E-state index is -0.438. The van der Waals surface area contributed by atoms with Gasteiger partial charge >= 0.3 is 0 Å². The average Bonchev–Trinajstić information content (AvgIpc) is 2.48. The molecule has 2 N–H and O–H groups in total. The lowest BCUT2D eigenvalue weighted by Gasteiger charge is -2.35. The number of hydrogen-bond donors (Lipinski definition) is 1. The van der Waals surface area contributed by atoms with Crippen molar-refractivity contribution < 1.29 is 9.72 Å². The third-order valence-corrected chi connectivity index (χ3v) is 3.92. The number of carbonyl (C=O) groups excluding carboxylic acids is 1. The van der Waals surface area contributed by atoms with Gasteiger partial charge in [-0.1, -0.05) is 12.1 Å². The summed E-state index contributed by atoms with van der Waals surface area (Å²) in [4.78, 5) is 24.7. The maximum Gasteiger partial charge on any atom is 0.269 e. The molecule has 0 radical (unpaired) electrons. The largest absolute Gasteiger partial charge is 0.339 e. The number of nitrogens with zero attached hydrogens (tertiary/aromatic N) is 2. The molecule has 1 atom stereocenters. The van der Waals surface area contributed by atoms with E-state index in [0.717, 1.165) is 32.2 Å². The lowest BCUT2D eigenvalue weighted by atomic mass is 9.98. The Kier molecular flexibility index (Phi) is 7.27. The van der Waals surface area contributed by atoms with Crippen LogP contribution in [0.15, 0.2) is 24.3 Å². The number of halogens is 1. The van der Waals surface area contributed by atoms with E-state index in [0.29, 0.717) is 12.1 Å². The van der Waals surface area contributed by atoms with Crippen LogP contribution in [0.5, 0.6) is 0 Å². The van der Waals surface area contributed by atoms with Crippen molar-refractivity contribution in [1.82, 2.24) is 4.90 Å². The van der Waals surface area contributed by atoms with Gasteiger partial charge in [-0.15, -0.1) is 12.4 Å². The fourth-order valence-corrected chi connectivity index (χ4v) is 2.88. The number of rotatable bonds is 5. The Hall–Kier alpha value is -1.66. The average molecular weight is 328 g/mol. The van der Waals surface area contributed by atoms with E-state index in [9.17, 15) is 14.9 Å². The molecule has 0 aromatic heterocycles. The van der Waals surface area contributed by atoms with Crippen LogP contribution in [0.25, 0.3) is 0 Å². The van der Waals surface area contributed by atoms with Gasteiger partial charge in [0.25, 0.3) is 5.69 Å². The van der Waals surface area contributed by atoms with Crippen molar-refractivity contribution in [3.63, 3.8) is 0 Å². The number of non-ortho nitro benzene ring substituents is 1. The number of hydrogen-bond acceptors (Lipinski definition) is 4. The third kappa shape index (κ3) is 4.68. The van der Waals surface area contributed by atoms with Crippen molar-refractivity contribution in [1.29, 1.82) is 0 Å². The minimum absolute atomic E-state index is 0. The second-order valence-corrected chi connectivity index (χ2v) is 5.42. The zero-order valence-electron chi connectivity index (χ0n) is 12.4. The smallest absolute Gasteiger partial charge is 0.269 e.